The molecule has 2 heteroatoms. The monoisotopic (exact) mass is 131 g/mol. The zero-order valence-corrected chi connectivity index (χ0v) is 6.19. The smallest absolute Gasteiger partial charge is 0.00865 e. The van der Waals surface area contributed by atoms with E-state index >= 15 is 0 Å². The Morgan fingerprint density at radius 3 is 2.62 bits per heavy atom. The summed E-state index contributed by atoms with van der Waals surface area (Å²) in [6, 6.07) is 0. The van der Waals surface area contributed by atoms with Crippen LogP contribution in [0.2, 0.25) is 0 Å². The van der Waals surface area contributed by atoms with Crippen LogP contribution in [0.15, 0.2) is 0 Å². The van der Waals surface area contributed by atoms with E-state index in [0.29, 0.717) is 0 Å². The van der Waals surface area contributed by atoms with E-state index in [1.807, 2.05) is 11.4 Å². The Kier molecular flexibility index (Phi) is 2.20. The molecule has 0 aliphatic heterocycles. The Hall–Kier alpha value is 0.310. The minimum Gasteiger partial charge on any atom is -0.256 e. The second-order valence-electron chi connectivity index (χ2n) is 2.61. The summed E-state index contributed by atoms with van der Waals surface area (Å²) in [5.74, 6) is 1.05. The number of hydrogen-bond donors (Lipinski definition) is 1. The molecule has 1 fully saturated rings. The molecule has 0 aromatic heterocycles. The fourth-order valence-electron chi connectivity index (χ4n) is 0.776. The largest absolute Gasteiger partial charge is 0.256 e. The summed E-state index contributed by atoms with van der Waals surface area (Å²) in [5, 5.41) is 0. The van der Waals surface area contributed by atoms with Crippen LogP contribution in [0, 0.1) is 5.92 Å². The van der Waals surface area contributed by atoms with Crippen molar-refractivity contribution >= 4 is 12.8 Å². The van der Waals surface area contributed by atoms with E-state index in [1.54, 1.807) is 0 Å². The molecule has 1 nitrogen and oxygen atoms in total. The molecule has 0 aromatic rings. The maximum absolute atomic E-state index is 4.13. The lowest BCUT2D eigenvalue weighted by atomic mass is 10.3. The first-order chi connectivity index (χ1) is 3.79. The van der Waals surface area contributed by atoms with E-state index in [1.165, 1.54) is 19.3 Å². The SMILES string of the molecule is CN(S)CCC1CC1. The molecule has 48 valence electrons. The summed E-state index contributed by atoms with van der Waals surface area (Å²) in [7, 11) is 2.01. The second-order valence-corrected chi connectivity index (χ2v) is 3.30. The van der Waals surface area contributed by atoms with Crippen molar-refractivity contribution in [2.45, 2.75) is 19.3 Å². The fraction of sp³-hybridized carbons (Fsp3) is 1.00. The minimum absolute atomic E-state index is 1.05. The van der Waals surface area contributed by atoms with Crippen LogP contribution < -0.4 is 0 Å². The van der Waals surface area contributed by atoms with Gasteiger partial charge in [0, 0.05) is 6.54 Å². The van der Waals surface area contributed by atoms with Gasteiger partial charge in [0.2, 0.25) is 0 Å². The van der Waals surface area contributed by atoms with Crippen molar-refractivity contribution in [1.29, 1.82) is 0 Å². The molecular weight excluding hydrogens is 118 g/mol. The third-order valence-electron chi connectivity index (χ3n) is 1.56. The first kappa shape index (κ1) is 6.43. The molecule has 1 saturated carbocycles. The van der Waals surface area contributed by atoms with Crippen molar-refractivity contribution in [1.82, 2.24) is 4.31 Å². The first-order valence-electron chi connectivity index (χ1n) is 3.19. The highest BCUT2D eigenvalue weighted by molar-refractivity contribution is 7.77. The van der Waals surface area contributed by atoms with Gasteiger partial charge in [0.25, 0.3) is 0 Å². The van der Waals surface area contributed by atoms with Crippen LogP contribution in [-0.4, -0.2) is 17.9 Å². The van der Waals surface area contributed by atoms with Crippen LogP contribution >= 0.6 is 12.8 Å². The van der Waals surface area contributed by atoms with E-state index in [2.05, 4.69) is 12.8 Å². The molecule has 0 saturated heterocycles. The highest BCUT2D eigenvalue weighted by Gasteiger charge is 2.20. The van der Waals surface area contributed by atoms with Gasteiger partial charge in [-0.2, -0.15) is 0 Å². The molecule has 0 unspecified atom stereocenters. The summed E-state index contributed by atoms with van der Waals surface area (Å²) in [6.45, 7) is 1.15. The normalized spacial score (nSPS) is 19.9. The standard InChI is InChI=1S/C6H13NS/c1-7(8)5-4-6-2-3-6/h6,8H,2-5H2,1H3. The quantitative estimate of drug-likeness (QED) is 0.569. The van der Waals surface area contributed by atoms with Crippen molar-refractivity contribution in [3.05, 3.63) is 0 Å². The molecule has 1 rings (SSSR count). The summed E-state index contributed by atoms with van der Waals surface area (Å²) in [6.07, 6.45) is 4.27. The Morgan fingerprint density at radius 1 is 1.62 bits per heavy atom. The number of thiol groups is 1. The summed E-state index contributed by atoms with van der Waals surface area (Å²) < 4.78 is 1.96. The molecular formula is C6H13NS. The van der Waals surface area contributed by atoms with Crippen molar-refractivity contribution in [3.8, 4) is 0 Å². The van der Waals surface area contributed by atoms with Crippen LogP contribution in [-0.2, 0) is 0 Å². The van der Waals surface area contributed by atoms with Crippen LogP contribution in [0.25, 0.3) is 0 Å². The lowest BCUT2D eigenvalue weighted by Crippen LogP contribution is -2.06. The van der Waals surface area contributed by atoms with Crippen molar-refractivity contribution < 1.29 is 0 Å². The van der Waals surface area contributed by atoms with Gasteiger partial charge in [-0.3, -0.25) is 4.31 Å². The van der Waals surface area contributed by atoms with Gasteiger partial charge in [-0.05, 0) is 19.4 Å². The van der Waals surface area contributed by atoms with Crippen molar-refractivity contribution in [3.63, 3.8) is 0 Å². The van der Waals surface area contributed by atoms with Crippen LogP contribution in [0.3, 0.4) is 0 Å². The summed E-state index contributed by atoms with van der Waals surface area (Å²) in [5.41, 5.74) is 0. The molecule has 0 radical (unpaired) electrons. The van der Waals surface area contributed by atoms with E-state index in [-0.39, 0.29) is 0 Å². The Labute approximate surface area is 56.6 Å². The number of hydrogen-bond acceptors (Lipinski definition) is 2. The van der Waals surface area contributed by atoms with Gasteiger partial charge >= 0.3 is 0 Å². The Bertz CT molecular complexity index is 66.9. The molecule has 0 aromatic carbocycles. The third-order valence-corrected chi connectivity index (χ3v) is 1.76. The minimum atomic E-state index is 1.05. The molecule has 1 aliphatic carbocycles. The highest BCUT2D eigenvalue weighted by Crippen LogP contribution is 2.32. The topological polar surface area (TPSA) is 3.24 Å². The number of rotatable bonds is 3. The lowest BCUT2D eigenvalue weighted by molar-refractivity contribution is 0.524. The Morgan fingerprint density at radius 2 is 2.25 bits per heavy atom. The first-order valence-corrected chi connectivity index (χ1v) is 3.59. The molecule has 0 bridgehead atoms. The third kappa shape index (κ3) is 2.58. The molecule has 0 N–H and O–H groups in total. The van der Waals surface area contributed by atoms with Gasteiger partial charge in [-0.25, -0.2) is 0 Å². The van der Waals surface area contributed by atoms with Crippen LogP contribution in [0.4, 0.5) is 0 Å². The van der Waals surface area contributed by atoms with Gasteiger partial charge in [0.1, 0.15) is 0 Å². The zero-order valence-electron chi connectivity index (χ0n) is 5.30. The second kappa shape index (κ2) is 2.74. The predicted octanol–water partition coefficient (Wildman–Crippen LogP) is 1.56. The highest BCUT2D eigenvalue weighted by atomic mass is 32.1. The van der Waals surface area contributed by atoms with Crippen LogP contribution in [0.5, 0.6) is 0 Å². The summed E-state index contributed by atoms with van der Waals surface area (Å²) >= 11 is 4.13. The van der Waals surface area contributed by atoms with Gasteiger partial charge in [0.15, 0.2) is 0 Å². The maximum atomic E-state index is 4.13. The molecule has 0 atom stereocenters. The van der Waals surface area contributed by atoms with E-state index in [0.717, 1.165) is 12.5 Å². The molecule has 0 amide bonds. The van der Waals surface area contributed by atoms with Gasteiger partial charge in [0.05, 0.1) is 0 Å². The predicted molar refractivity (Wildman–Crippen MR) is 39.0 cm³/mol. The molecule has 8 heavy (non-hydrogen) atoms. The van der Waals surface area contributed by atoms with Gasteiger partial charge in [-0.1, -0.05) is 25.7 Å². The maximum Gasteiger partial charge on any atom is 0.00865 e. The van der Waals surface area contributed by atoms with Crippen molar-refractivity contribution in [2.24, 2.45) is 5.92 Å². The molecule has 0 heterocycles. The molecule has 0 spiro atoms. The van der Waals surface area contributed by atoms with Gasteiger partial charge < -0.3 is 0 Å². The summed E-state index contributed by atoms with van der Waals surface area (Å²) in [4.78, 5) is 0. The van der Waals surface area contributed by atoms with Crippen molar-refractivity contribution in [2.75, 3.05) is 13.6 Å². The van der Waals surface area contributed by atoms with Crippen LogP contribution in [0.1, 0.15) is 19.3 Å². The molecule has 1 aliphatic rings. The average Bonchev–Trinajstić information content (AvgIpc) is 2.41. The Balaban J connectivity index is 1.87. The zero-order chi connectivity index (χ0) is 5.98. The van der Waals surface area contributed by atoms with E-state index < -0.39 is 0 Å². The lowest BCUT2D eigenvalue weighted by Gasteiger charge is -2.05. The van der Waals surface area contributed by atoms with E-state index in [4.69, 9.17) is 0 Å². The fourth-order valence-corrected chi connectivity index (χ4v) is 0.891. The average molecular weight is 131 g/mol. The number of nitrogens with zero attached hydrogens (tertiary/aromatic N) is 1. The van der Waals surface area contributed by atoms with Gasteiger partial charge in [-0.15, -0.1) is 0 Å². The van der Waals surface area contributed by atoms with E-state index in [9.17, 15) is 0 Å².